The zero-order valence-corrected chi connectivity index (χ0v) is 17.1. The van der Waals surface area contributed by atoms with E-state index < -0.39 is 5.91 Å². The van der Waals surface area contributed by atoms with Gasteiger partial charge < -0.3 is 25.3 Å². The lowest BCUT2D eigenvalue weighted by molar-refractivity contribution is -0.118. The Hall–Kier alpha value is -3.48. The molecule has 2 amide bonds. The Morgan fingerprint density at radius 3 is 2.80 bits per heavy atom. The molecule has 2 aromatic carbocycles. The van der Waals surface area contributed by atoms with Crippen molar-refractivity contribution >= 4 is 23.6 Å². The number of nitrogens with two attached hydrogens (primary N) is 1. The second-order valence-electron chi connectivity index (χ2n) is 6.95. The molecule has 158 valence electrons. The van der Waals surface area contributed by atoms with Gasteiger partial charge in [0.15, 0.2) is 0 Å². The zero-order valence-electron chi connectivity index (χ0n) is 17.1. The molecular formula is C23H26N2O5. The summed E-state index contributed by atoms with van der Waals surface area (Å²) in [5.74, 6) is 1.23. The zero-order chi connectivity index (χ0) is 21.5. The number of hydrogen-bond acceptors (Lipinski definition) is 5. The Morgan fingerprint density at radius 1 is 1.23 bits per heavy atom. The van der Waals surface area contributed by atoms with Gasteiger partial charge in [-0.15, -0.1) is 0 Å². The fraction of sp³-hybridized carbons (Fsp3) is 0.304. The van der Waals surface area contributed by atoms with E-state index in [1.54, 1.807) is 30.3 Å². The van der Waals surface area contributed by atoms with Crippen LogP contribution < -0.4 is 25.3 Å². The number of rotatable bonds is 9. The van der Waals surface area contributed by atoms with Crippen LogP contribution in [0.3, 0.4) is 0 Å². The highest BCUT2D eigenvalue weighted by Crippen LogP contribution is 2.35. The molecule has 0 fully saturated rings. The highest BCUT2D eigenvalue weighted by Gasteiger charge is 2.21. The van der Waals surface area contributed by atoms with Crippen molar-refractivity contribution in [3.63, 3.8) is 0 Å². The quantitative estimate of drug-likeness (QED) is 0.618. The summed E-state index contributed by atoms with van der Waals surface area (Å²) in [6.07, 6.45) is 4.20. The van der Waals surface area contributed by atoms with Gasteiger partial charge in [-0.1, -0.05) is 12.1 Å². The van der Waals surface area contributed by atoms with Gasteiger partial charge in [-0.25, -0.2) is 0 Å². The average molecular weight is 410 g/mol. The number of carbonyl (C=O) groups excluding carboxylic acids is 2. The largest absolute Gasteiger partial charge is 0.493 e. The molecule has 0 aliphatic carbocycles. The van der Waals surface area contributed by atoms with Crippen molar-refractivity contribution in [3.05, 3.63) is 53.6 Å². The first-order chi connectivity index (χ1) is 14.5. The minimum atomic E-state index is -0.447. The van der Waals surface area contributed by atoms with Crippen LogP contribution in [-0.2, 0) is 16.0 Å². The normalized spacial score (nSPS) is 14.8. The lowest BCUT2D eigenvalue weighted by atomic mass is 10.1. The number of carbonyl (C=O) groups is 2. The number of anilines is 1. The van der Waals surface area contributed by atoms with Crippen LogP contribution in [0.25, 0.3) is 6.08 Å². The first-order valence-electron chi connectivity index (χ1n) is 9.91. The molecule has 0 saturated heterocycles. The van der Waals surface area contributed by atoms with E-state index in [0.717, 1.165) is 23.3 Å². The van der Waals surface area contributed by atoms with E-state index in [-0.39, 0.29) is 25.0 Å². The SMILES string of the molecule is CCOc1cc2c(cc1/C=C/C(=O)Nc1ccccc1OCCC(N)=O)OC(C)C2. The lowest BCUT2D eigenvalue weighted by Crippen LogP contribution is -2.15. The van der Waals surface area contributed by atoms with Gasteiger partial charge in [0, 0.05) is 23.6 Å². The minimum absolute atomic E-state index is 0.0986. The smallest absolute Gasteiger partial charge is 0.248 e. The standard InChI is InChI=1S/C23H26N2O5/c1-3-28-20-14-17-12-15(2)30-21(17)13-16(20)8-9-23(27)25-18-6-4-5-7-19(18)29-11-10-22(24)26/h4-9,13-15H,3,10-12H2,1-2H3,(H2,24,26)(H,25,27)/b9-8+. The van der Waals surface area contributed by atoms with Crippen LogP contribution in [0.5, 0.6) is 17.2 Å². The topological polar surface area (TPSA) is 99.9 Å². The molecule has 1 aliphatic heterocycles. The van der Waals surface area contributed by atoms with Gasteiger partial charge in [-0.2, -0.15) is 0 Å². The molecule has 1 heterocycles. The van der Waals surface area contributed by atoms with E-state index in [0.29, 0.717) is 23.8 Å². The molecule has 30 heavy (non-hydrogen) atoms. The third-order valence-corrected chi connectivity index (χ3v) is 4.49. The van der Waals surface area contributed by atoms with Crippen molar-refractivity contribution in [2.75, 3.05) is 18.5 Å². The van der Waals surface area contributed by atoms with Gasteiger partial charge in [0.25, 0.3) is 0 Å². The fourth-order valence-electron chi connectivity index (χ4n) is 3.16. The minimum Gasteiger partial charge on any atom is -0.493 e. The molecule has 3 rings (SSSR count). The third kappa shape index (κ3) is 5.53. The van der Waals surface area contributed by atoms with E-state index in [2.05, 4.69) is 5.32 Å². The van der Waals surface area contributed by atoms with Crippen LogP contribution in [0.15, 0.2) is 42.5 Å². The molecule has 7 nitrogen and oxygen atoms in total. The monoisotopic (exact) mass is 410 g/mol. The summed E-state index contributed by atoms with van der Waals surface area (Å²) < 4.78 is 17.1. The summed E-state index contributed by atoms with van der Waals surface area (Å²) in [5.41, 5.74) is 7.51. The number of nitrogens with one attached hydrogen (secondary N) is 1. The van der Waals surface area contributed by atoms with E-state index in [1.807, 2.05) is 26.0 Å². The molecule has 0 saturated carbocycles. The highest BCUT2D eigenvalue weighted by atomic mass is 16.5. The Balaban J connectivity index is 1.71. The van der Waals surface area contributed by atoms with Crippen molar-refractivity contribution < 1.29 is 23.8 Å². The van der Waals surface area contributed by atoms with Crippen LogP contribution in [0.2, 0.25) is 0 Å². The average Bonchev–Trinajstić information content (AvgIpc) is 3.06. The maximum absolute atomic E-state index is 12.5. The lowest BCUT2D eigenvalue weighted by Gasteiger charge is -2.11. The van der Waals surface area contributed by atoms with Crippen LogP contribution in [0.4, 0.5) is 5.69 Å². The summed E-state index contributed by atoms with van der Waals surface area (Å²) in [7, 11) is 0. The molecule has 1 unspecified atom stereocenters. The number of benzene rings is 2. The van der Waals surface area contributed by atoms with Crippen LogP contribution in [0.1, 0.15) is 31.4 Å². The Bertz CT molecular complexity index is 955. The molecular weight excluding hydrogens is 384 g/mol. The maximum atomic E-state index is 12.5. The second kappa shape index (κ2) is 9.82. The van der Waals surface area contributed by atoms with Crippen molar-refractivity contribution in [2.24, 2.45) is 5.73 Å². The fourth-order valence-corrected chi connectivity index (χ4v) is 3.16. The molecule has 3 N–H and O–H groups in total. The summed E-state index contributed by atoms with van der Waals surface area (Å²) in [6.45, 7) is 4.61. The van der Waals surface area contributed by atoms with Crippen molar-refractivity contribution in [1.82, 2.24) is 0 Å². The molecule has 1 atom stereocenters. The van der Waals surface area contributed by atoms with Gasteiger partial charge in [0.05, 0.1) is 25.3 Å². The van der Waals surface area contributed by atoms with Crippen molar-refractivity contribution in [2.45, 2.75) is 32.8 Å². The molecule has 0 spiro atoms. The molecule has 0 radical (unpaired) electrons. The van der Waals surface area contributed by atoms with Gasteiger partial charge in [-0.3, -0.25) is 9.59 Å². The van der Waals surface area contributed by atoms with Crippen LogP contribution in [0, 0.1) is 0 Å². The number of ether oxygens (including phenoxy) is 3. The number of amides is 2. The molecule has 7 heteroatoms. The number of para-hydroxylation sites is 2. The van der Waals surface area contributed by atoms with Crippen LogP contribution in [-0.4, -0.2) is 31.1 Å². The Labute approximate surface area is 175 Å². The molecule has 2 aromatic rings. The van der Waals surface area contributed by atoms with Gasteiger partial charge in [0.1, 0.15) is 23.4 Å². The first kappa shape index (κ1) is 21.2. The third-order valence-electron chi connectivity index (χ3n) is 4.49. The van der Waals surface area contributed by atoms with E-state index in [1.165, 1.54) is 6.08 Å². The summed E-state index contributed by atoms with van der Waals surface area (Å²) >= 11 is 0. The maximum Gasteiger partial charge on any atom is 0.248 e. The van der Waals surface area contributed by atoms with Crippen molar-refractivity contribution in [1.29, 1.82) is 0 Å². The van der Waals surface area contributed by atoms with E-state index >= 15 is 0 Å². The van der Waals surface area contributed by atoms with E-state index in [9.17, 15) is 9.59 Å². The van der Waals surface area contributed by atoms with Gasteiger partial charge in [0.2, 0.25) is 11.8 Å². The molecule has 1 aliphatic rings. The predicted molar refractivity (Wildman–Crippen MR) is 115 cm³/mol. The summed E-state index contributed by atoms with van der Waals surface area (Å²) in [5, 5.41) is 2.79. The molecule has 0 bridgehead atoms. The van der Waals surface area contributed by atoms with Gasteiger partial charge >= 0.3 is 0 Å². The van der Waals surface area contributed by atoms with Crippen molar-refractivity contribution in [3.8, 4) is 17.2 Å². The molecule has 0 aromatic heterocycles. The van der Waals surface area contributed by atoms with Crippen LogP contribution >= 0.6 is 0 Å². The second-order valence-corrected chi connectivity index (χ2v) is 6.95. The first-order valence-corrected chi connectivity index (χ1v) is 9.91. The van der Waals surface area contributed by atoms with Gasteiger partial charge in [-0.05, 0) is 44.2 Å². The Morgan fingerprint density at radius 2 is 2.03 bits per heavy atom. The Kier molecular flexibility index (Phi) is 6.95. The highest BCUT2D eigenvalue weighted by molar-refractivity contribution is 6.03. The number of fused-ring (bicyclic) bond motifs is 1. The summed E-state index contributed by atoms with van der Waals surface area (Å²) in [4.78, 5) is 23.4. The number of primary amides is 1. The predicted octanol–water partition coefficient (Wildman–Crippen LogP) is 3.31. The van der Waals surface area contributed by atoms with E-state index in [4.69, 9.17) is 19.9 Å². The summed E-state index contributed by atoms with van der Waals surface area (Å²) in [6, 6.07) is 10.9. The number of hydrogen-bond donors (Lipinski definition) is 2.